The van der Waals surface area contributed by atoms with E-state index in [1.165, 1.54) is 23.1 Å². The Morgan fingerprint density at radius 3 is 2.38 bits per heavy atom. The number of methoxy groups -OCH3 is 1. The molecule has 0 aliphatic rings. The molecule has 1 heterocycles. The van der Waals surface area contributed by atoms with Gasteiger partial charge in [-0.25, -0.2) is 0 Å². The normalized spacial score (nSPS) is 12.0. The number of ether oxygens (including phenoxy) is 1. The van der Waals surface area contributed by atoms with Gasteiger partial charge in [-0.1, -0.05) is 36.8 Å². The topological polar surface area (TPSA) is 43.4 Å². The van der Waals surface area contributed by atoms with Crippen molar-refractivity contribution in [3.8, 4) is 0 Å². The number of carbonyl (C=O) groups excluding carboxylic acids is 2. The van der Waals surface area contributed by atoms with Gasteiger partial charge in [-0.2, -0.15) is 0 Å². The van der Waals surface area contributed by atoms with Crippen LogP contribution in [0.3, 0.4) is 0 Å². The Hall–Kier alpha value is -1.94. The summed E-state index contributed by atoms with van der Waals surface area (Å²) in [6.07, 6.45) is 5.08. The molecule has 0 radical (unpaired) electrons. The van der Waals surface area contributed by atoms with Gasteiger partial charge in [-0.15, -0.1) is 11.3 Å². The van der Waals surface area contributed by atoms with Gasteiger partial charge in [0.15, 0.2) is 5.78 Å². The standard InChI is InChI=1S/C22H28O3S/c1-16-8-10-18(11-9-16)6-4-5-7-19-12-13-21(26-19)20(23)14-17(2)15-22(24)25-3/h8-13,17H,4-7,14-15H2,1-3H3/t17-/m1/s1. The number of unbranched alkanes of at least 4 members (excludes halogenated alkanes) is 1. The van der Waals surface area contributed by atoms with Gasteiger partial charge in [-0.05, 0) is 56.2 Å². The van der Waals surface area contributed by atoms with Gasteiger partial charge in [0.2, 0.25) is 0 Å². The molecule has 0 aliphatic heterocycles. The third kappa shape index (κ3) is 6.75. The summed E-state index contributed by atoms with van der Waals surface area (Å²) in [6.45, 7) is 4.02. The van der Waals surface area contributed by atoms with Crippen LogP contribution >= 0.6 is 11.3 Å². The van der Waals surface area contributed by atoms with E-state index < -0.39 is 0 Å². The maximum atomic E-state index is 12.3. The summed E-state index contributed by atoms with van der Waals surface area (Å²) in [4.78, 5) is 25.7. The van der Waals surface area contributed by atoms with Gasteiger partial charge < -0.3 is 4.74 Å². The molecular formula is C22H28O3S. The van der Waals surface area contributed by atoms with Crippen LogP contribution in [-0.4, -0.2) is 18.9 Å². The molecule has 1 aromatic heterocycles. The van der Waals surface area contributed by atoms with Crippen molar-refractivity contribution in [2.75, 3.05) is 7.11 Å². The molecule has 0 saturated carbocycles. The summed E-state index contributed by atoms with van der Waals surface area (Å²) in [5.74, 6) is -0.127. The van der Waals surface area contributed by atoms with E-state index in [1.54, 1.807) is 11.3 Å². The second-order valence-electron chi connectivity index (χ2n) is 6.97. The van der Waals surface area contributed by atoms with Crippen molar-refractivity contribution >= 4 is 23.1 Å². The fourth-order valence-electron chi connectivity index (χ4n) is 2.90. The zero-order chi connectivity index (χ0) is 18.9. The molecule has 0 amide bonds. The van der Waals surface area contributed by atoms with Crippen molar-refractivity contribution in [2.24, 2.45) is 5.92 Å². The lowest BCUT2D eigenvalue weighted by atomic mass is 10.0. The molecular weight excluding hydrogens is 344 g/mol. The average Bonchev–Trinajstić information content (AvgIpc) is 3.09. The molecule has 0 saturated heterocycles. The van der Waals surface area contributed by atoms with Crippen LogP contribution in [-0.2, 0) is 22.4 Å². The van der Waals surface area contributed by atoms with E-state index in [9.17, 15) is 9.59 Å². The molecule has 26 heavy (non-hydrogen) atoms. The minimum atomic E-state index is -0.259. The Balaban J connectivity index is 1.73. The summed E-state index contributed by atoms with van der Waals surface area (Å²) in [5, 5.41) is 0. The second kappa shape index (κ2) is 10.3. The first-order valence-electron chi connectivity index (χ1n) is 9.22. The largest absolute Gasteiger partial charge is 0.469 e. The Labute approximate surface area is 160 Å². The highest BCUT2D eigenvalue weighted by Crippen LogP contribution is 2.23. The third-order valence-electron chi connectivity index (χ3n) is 4.47. The summed E-state index contributed by atoms with van der Waals surface area (Å²) in [6, 6.07) is 12.7. The van der Waals surface area contributed by atoms with Crippen molar-refractivity contribution in [2.45, 2.75) is 52.4 Å². The number of carbonyl (C=O) groups is 2. The van der Waals surface area contributed by atoms with E-state index in [0.29, 0.717) is 12.8 Å². The maximum Gasteiger partial charge on any atom is 0.305 e. The minimum Gasteiger partial charge on any atom is -0.469 e. The number of aryl methyl sites for hydroxylation is 3. The predicted molar refractivity (Wildman–Crippen MR) is 107 cm³/mol. The monoisotopic (exact) mass is 372 g/mol. The van der Waals surface area contributed by atoms with Crippen LogP contribution in [0.4, 0.5) is 0 Å². The Kier molecular flexibility index (Phi) is 8.05. The summed E-state index contributed by atoms with van der Waals surface area (Å²) in [7, 11) is 1.38. The Bertz CT molecular complexity index is 715. The lowest BCUT2D eigenvalue weighted by Gasteiger charge is -2.07. The van der Waals surface area contributed by atoms with Gasteiger partial charge >= 0.3 is 5.97 Å². The highest BCUT2D eigenvalue weighted by atomic mass is 32.1. The number of thiophene rings is 1. The second-order valence-corrected chi connectivity index (χ2v) is 8.14. The molecule has 140 valence electrons. The summed E-state index contributed by atoms with van der Waals surface area (Å²) >= 11 is 1.59. The quantitative estimate of drug-likeness (QED) is 0.319. The van der Waals surface area contributed by atoms with Crippen LogP contribution < -0.4 is 0 Å². The first kappa shape index (κ1) is 20.4. The zero-order valence-corrected chi connectivity index (χ0v) is 16.7. The lowest BCUT2D eigenvalue weighted by Crippen LogP contribution is -2.11. The molecule has 3 nitrogen and oxygen atoms in total. The Morgan fingerprint density at radius 1 is 1.00 bits per heavy atom. The highest BCUT2D eigenvalue weighted by molar-refractivity contribution is 7.14. The van der Waals surface area contributed by atoms with Gasteiger partial charge in [0.1, 0.15) is 0 Å². The van der Waals surface area contributed by atoms with Gasteiger partial charge in [0.25, 0.3) is 0 Å². The predicted octanol–water partition coefficient (Wildman–Crippen LogP) is 5.39. The highest BCUT2D eigenvalue weighted by Gasteiger charge is 2.16. The van der Waals surface area contributed by atoms with Crippen molar-refractivity contribution in [3.05, 3.63) is 57.3 Å². The molecule has 1 aromatic carbocycles. The minimum absolute atomic E-state index is 0.00927. The van der Waals surface area contributed by atoms with Crippen LogP contribution in [0.15, 0.2) is 36.4 Å². The molecule has 2 rings (SSSR count). The summed E-state index contributed by atoms with van der Waals surface area (Å²) in [5.41, 5.74) is 2.68. The first-order valence-corrected chi connectivity index (χ1v) is 10.0. The first-order chi connectivity index (χ1) is 12.5. The molecule has 4 heteroatoms. The molecule has 2 aromatic rings. The SMILES string of the molecule is COC(=O)C[C@H](C)CC(=O)c1ccc(CCCCc2ccc(C)cc2)s1. The molecule has 0 fully saturated rings. The van der Waals surface area contributed by atoms with Gasteiger partial charge in [0, 0.05) is 17.7 Å². The van der Waals surface area contributed by atoms with Gasteiger partial charge in [0.05, 0.1) is 12.0 Å². The lowest BCUT2D eigenvalue weighted by molar-refractivity contribution is -0.141. The molecule has 1 atom stereocenters. The molecule has 0 aliphatic carbocycles. The number of rotatable bonds is 10. The van der Waals surface area contributed by atoms with Crippen molar-refractivity contribution < 1.29 is 14.3 Å². The fourth-order valence-corrected chi connectivity index (χ4v) is 3.90. The zero-order valence-electron chi connectivity index (χ0n) is 15.9. The average molecular weight is 373 g/mol. The number of esters is 1. The number of ketones is 1. The van der Waals surface area contributed by atoms with Crippen molar-refractivity contribution in [3.63, 3.8) is 0 Å². The van der Waals surface area contributed by atoms with Gasteiger partial charge in [-0.3, -0.25) is 9.59 Å². The van der Waals surface area contributed by atoms with E-state index in [2.05, 4.69) is 42.0 Å². The van der Waals surface area contributed by atoms with Crippen LogP contribution in [0.2, 0.25) is 0 Å². The van der Waals surface area contributed by atoms with Crippen molar-refractivity contribution in [1.82, 2.24) is 0 Å². The Morgan fingerprint density at radius 2 is 1.69 bits per heavy atom. The molecule has 0 spiro atoms. The maximum absolute atomic E-state index is 12.3. The smallest absolute Gasteiger partial charge is 0.305 e. The number of benzene rings is 1. The van der Waals surface area contributed by atoms with Crippen molar-refractivity contribution in [1.29, 1.82) is 0 Å². The van der Waals surface area contributed by atoms with E-state index in [-0.39, 0.29) is 17.7 Å². The van der Waals surface area contributed by atoms with E-state index in [0.717, 1.165) is 30.6 Å². The van der Waals surface area contributed by atoms with E-state index >= 15 is 0 Å². The van der Waals surface area contributed by atoms with Crippen LogP contribution in [0.25, 0.3) is 0 Å². The molecule has 0 bridgehead atoms. The van der Waals surface area contributed by atoms with E-state index in [4.69, 9.17) is 0 Å². The fraction of sp³-hybridized carbons (Fsp3) is 0.455. The summed E-state index contributed by atoms with van der Waals surface area (Å²) < 4.78 is 4.66. The number of Topliss-reactive ketones (excluding diaryl/α,β-unsaturated/α-hetero) is 1. The number of hydrogen-bond donors (Lipinski definition) is 0. The molecule has 0 N–H and O–H groups in total. The third-order valence-corrected chi connectivity index (χ3v) is 5.66. The van der Waals surface area contributed by atoms with Crippen LogP contribution in [0.1, 0.15) is 58.3 Å². The molecule has 0 unspecified atom stereocenters. The van der Waals surface area contributed by atoms with Crippen LogP contribution in [0, 0.1) is 12.8 Å². The number of hydrogen-bond acceptors (Lipinski definition) is 4. The van der Waals surface area contributed by atoms with Crippen LogP contribution in [0.5, 0.6) is 0 Å². The van der Waals surface area contributed by atoms with E-state index in [1.807, 2.05) is 13.0 Å².